The van der Waals surface area contributed by atoms with Crippen molar-refractivity contribution >= 4 is 11.6 Å². The monoisotopic (exact) mass is 287 g/mol. The van der Waals surface area contributed by atoms with E-state index < -0.39 is 5.91 Å². The zero-order chi connectivity index (χ0) is 15.2. The van der Waals surface area contributed by atoms with Crippen LogP contribution in [0.2, 0.25) is 0 Å². The number of amides is 1. The fourth-order valence-corrected chi connectivity index (χ4v) is 1.85. The highest BCUT2D eigenvalue weighted by atomic mass is 16.5. The highest BCUT2D eigenvalue weighted by Crippen LogP contribution is 2.25. The van der Waals surface area contributed by atoms with E-state index in [-0.39, 0.29) is 0 Å². The molecule has 2 aromatic rings. The van der Waals surface area contributed by atoms with Crippen molar-refractivity contribution in [2.75, 3.05) is 19.5 Å². The van der Waals surface area contributed by atoms with Gasteiger partial charge in [0.15, 0.2) is 0 Å². The normalized spacial score (nSPS) is 10.0. The van der Waals surface area contributed by atoms with Gasteiger partial charge in [0, 0.05) is 11.6 Å². The Labute approximate surface area is 122 Å². The Kier molecular flexibility index (Phi) is 4.61. The summed E-state index contributed by atoms with van der Waals surface area (Å²) in [6, 6.07) is 10.5. The van der Waals surface area contributed by atoms with E-state index in [1.54, 1.807) is 38.5 Å². The Balaban J connectivity index is 2.17. The fraction of sp³-hybridized carbons (Fsp3) is 0.200. The number of hydrogen-bond acceptors (Lipinski definition) is 5. The lowest BCUT2D eigenvalue weighted by molar-refractivity contribution is 0.100. The Morgan fingerprint density at radius 1 is 1.24 bits per heavy atom. The Hall–Kier alpha value is -2.76. The van der Waals surface area contributed by atoms with Crippen LogP contribution in [0.15, 0.2) is 36.4 Å². The van der Waals surface area contributed by atoms with Crippen LogP contribution in [-0.4, -0.2) is 25.1 Å². The SMILES string of the molecule is COc1cccc(CNc2cc(C(N)=O)ccc2OC)n1. The Bertz CT molecular complexity index is 644. The third-order valence-electron chi connectivity index (χ3n) is 2.93. The second-order valence-electron chi connectivity index (χ2n) is 4.30. The summed E-state index contributed by atoms with van der Waals surface area (Å²) >= 11 is 0. The lowest BCUT2D eigenvalue weighted by atomic mass is 10.1. The van der Waals surface area contributed by atoms with Gasteiger partial charge in [0.1, 0.15) is 5.75 Å². The summed E-state index contributed by atoms with van der Waals surface area (Å²) in [6.07, 6.45) is 0. The van der Waals surface area contributed by atoms with E-state index in [9.17, 15) is 4.79 Å². The largest absolute Gasteiger partial charge is 0.495 e. The van der Waals surface area contributed by atoms with Crippen molar-refractivity contribution in [2.45, 2.75) is 6.54 Å². The number of nitrogens with one attached hydrogen (secondary N) is 1. The second-order valence-corrected chi connectivity index (χ2v) is 4.30. The molecular weight excluding hydrogens is 270 g/mol. The molecule has 0 aliphatic heterocycles. The molecule has 0 saturated carbocycles. The molecule has 0 radical (unpaired) electrons. The van der Waals surface area contributed by atoms with E-state index in [1.807, 2.05) is 12.1 Å². The van der Waals surface area contributed by atoms with Gasteiger partial charge >= 0.3 is 0 Å². The first-order valence-corrected chi connectivity index (χ1v) is 6.35. The molecule has 110 valence electrons. The number of methoxy groups -OCH3 is 2. The number of ether oxygens (including phenoxy) is 2. The number of aromatic nitrogens is 1. The first-order chi connectivity index (χ1) is 10.1. The molecule has 0 aliphatic carbocycles. The van der Waals surface area contributed by atoms with Crippen molar-refractivity contribution in [1.82, 2.24) is 4.98 Å². The molecule has 2 rings (SSSR count). The highest BCUT2D eigenvalue weighted by Gasteiger charge is 2.08. The lowest BCUT2D eigenvalue weighted by Gasteiger charge is -2.12. The number of carbonyl (C=O) groups is 1. The predicted molar refractivity (Wildman–Crippen MR) is 79.6 cm³/mol. The molecule has 3 N–H and O–H groups in total. The van der Waals surface area contributed by atoms with Crippen molar-refractivity contribution in [3.05, 3.63) is 47.7 Å². The standard InChI is InChI=1S/C15H17N3O3/c1-20-13-7-6-10(15(16)19)8-12(13)17-9-11-4-3-5-14(18-11)21-2/h3-8,17H,9H2,1-2H3,(H2,16,19). The van der Waals surface area contributed by atoms with Crippen molar-refractivity contribution in [1.29, 1.82) is 0 Å². The zero-order valence-corrected chi connectivity index (χ0v) is 11.9. The minimum absolute atomic E-state index is 0.414. The topological polar surface area (TPSA) is 86.5 Å². The summed E-state index contributed by atoms with van der Waals surface area (Å²) in [5.74, 6) is 0.690. The van der Waals surface area contributed by atoms with Gasteiger partial charge in [0.2, 0.25) is 11.8 Å². The number of anilines is 1. The molecule has 0 fully saturated rings. The third kappa shape index (κ3) is 3.62. The van der Waals surface area contributed by atoms with E-state index >= 15 is 0 Å². The molecule has 0 spiro atoms. The van der Waals surface area contributed by atoms with Crippen LogP contribution in [0.1, 0.15) is 16.1 Å². The summed E-state index contributed by atoms with van der Waals surface area (Å²) in [5, 5.41) is 3.18. The van der Waals surface area contributed by atoms with Gasteiger partial charge in [-0.15, -0.1) is 0 Å². The minimum atomic E-state index is -0.486. The average molecular weight is 287 g/mol. The Morgan fingerprint density at radius 2 is 2.05 bits per heavy atom. The van der Waals surface area contributed by atoms with Crippen LogP contribution in [0.5, 0.6) is 11.6 Å². The van der Waals surface area contributed by atoms with Crippen molar-refractivity contribution < 1.29 is 14.3 Å². The molecule has 1 amide bonds. The molecule has 1 aromatic carbocycles. The molecule has 1 heterocycles. The molecule has 0 aliphatic rings. The molecule has 21 heavy (non-hydrogen) atoms. The number of hydrogen-bond donors (Lipinski definition) is 2. The molecule has 1 aromatic heterocycles. The molecule has 0 bridgehead atoms. The number of pyridine rings is 1. The van der Waals surface area contributed by atoms with Crippen molar-refractivity contribution in [3.63, 3.8) is 0 Å². The molecule has 0 saturated heterocycles. The molecular formula is C15H17N3O3. The quantitative estimate of drug-likeness (QED) is 0.846. The van der Waals surface area contributed by atoms with Gasteiger partial charge in [0.05, 0.1) is 32.1 Å². The summed E-state index contributed by atoms with van der Waals surface area (Å²) in [6.45, 7) is 0.468. The van der Waals surface area contributed by atoms with E-state index in [1.165, 1.54) is 0 Å². The summed E-state index contributed by atoms with van der Waals surface area (Å²) in [7, 11) is 3.13. The number of nitrogens with zero attached hydrogens (tertiary/aromatic N) is 1. The van der Waals surface area contributed by atoms with Gasteiger partial charge < -0.3 is 20.5 Å². The van der Waals surface area contributed by atoms with Crippen molar-refractivity contribution in [3.8, 4) is 11.6 Å². The van der Waals surface area contributed by atoms with Crippen LogP contribution in [0.4, 0.5) is 5.69 Å². The Morgan fingerprint density at radius 3 is 2.71 bits per heavy atom. The van der Waals surface area contributed by atoms with Gasteiger partial charge in [0.25, 0.3) is 0 Å². The van der Waals surface area contributed by atoms with Gasteiger partial charge in [-0.1, -0.05) is 6.07 Å². The van der Waals surface area contributed by atoms with Gasteiger partial charge in [-0.25, -0.2) is 4.98 Å². The van der Waals surface area contributed by atoms with Crippen LogP contribution >= 0.6 is 0 Å². The van der Waals surface area contributed by atoms with Gasteiger partial charge in [-0.05, 0) is 24.3 Å². The first-order valence-electron chi connectivity index (χ1n) is 6.35. The van der Waals surface area contributed by atoms with Crippen LogP contribution in [0.25, 0.3) is 0 Å². The van der Waals surface area contributed by atoms with Crippen molar-refractivity contribution in [2.24, 2.45) is 5.73 Å². The van der Waals surface area contributed by atoms with Crippen LogP contribution in [-0.2, 0) is 6.54 Å². The first kappa shape index (κ1) is 14.6. The average Bonchev–Trinajstić information content (AvgIpc) is 2.52. The van der Waals surface area contributed by atoms with Crippen LogP contribution < -0.4 is 20.5 Å². The summed E-state index contributed by atoms with van der Waals surface area (Å²) in [4.78, 5) is 15.5. The van der Waals surface area contributed by atoms with Gasteiger partial charge in [-0.2, -0.15) is 0 Å². The second kappa shape index (κ2) is 6.60. The maximum atomic E-state index is 11.2. The predicted octanol–water partition coefficient (Wildman–Crippen LogP) is 1.81. The fourth-order valence-electron chi connectivity index (χ4n) is 1.85. The highest BCUT2D eigenvalue weighted by molar-refractivity contribution is 5.94. The summed E-state index contributed by atoms with van der Waals surface area (Å²) < 4.78 is 10.3. The number of primary amides is 1. The smallest absolute Gasteiger partial charge is 0.248 e. The molecule has 6 nitrogen and oxygen atoms in total. The van der Waals surface area contributed by atoms with Gasteiger partial charge in [-0.3, -0.25) is 4.79 Å². The number of carbonyl (C=O) groups excluding carboxylic acids is 1. The number of nitrogens with two attached hydrogens (primary N) is 1. The summed E-state index contributed by atoms with van der Waals surface area (Å²) in [5.41, 5.74) is 7.18. The maximum absolute atomic E-state index is 11.2. The molecule has 0 atom stereocenters. The minimum Gasteiger partial charge on any atom is -0.495 e. The van der Waals surface area contributed by atoms with Crippen LogP contribution in [0.3, 0.4) is 0 Å². The zero-order valence-electron chi connectivity index (χ0n) is 11.9. The molecule has 6 heteroatoms. The van der Waals surface area contributed by atoms with E-state index in [4.69, 9.17) is 15.2 Å². The van der Waals surface area contributed by atoms with E-state index in [2.05, 4.69) is 10.3 Å². The number of benzene rings is 1. The van der Waals surface area contributed by atoms with E-state index in [0.717, 1.165) is 5.69 Å². The lowest BCUT2D eigenvalue weighted by Crippen LogP contribution is -2.12. The van der Waals surface area contributed by atoms with Crippen LogP contribution in [0, 0.1) is 0 Å². The third-order valence-corrected chi connectivity index (χ3v) is 2.93. The maximum Gasteiger partial charge on any atom is 0.248 e. The molecule has 0 unspecified atom stereocenters. The number of rotatable bonds is 6. The van der Waals surface area contributed by atoms with E-state index in [0.29, 0.717) is 29.4 Å².